The molecule has 3 N–H and O–H groups in total. The van der Waals surface area contributed by atoms with Crippen molar-refractivity contribution in [2.24, 2.45) is 17.7 Å². The van der Waals surface area contributed by atoms with Gasteiger partial charge in [0.2, 0.25) is 0 Å². The van der Waals surface area contributed by atoms with Gasteiger partial charge < -0.3 is 0 Å². The molecule has 0 radical (unpaired) electrons. The third-order valence-corrected chi connectivity index (χ3v) is 4.59. The molecule has 3 atom stereocenters. The van der Waals surface area contributed by atoms with Crippen LogP contribution in [0.3, 0.4) is 0 Å². The van der Waals surface area contributed by atoms with E-state index in [-0.39, 0.29) is 0 Å². The van der Waals surface area contributed by atoms with Crippen molar-refractivity contribution in [1.29, 1.82) is 0 Å². The Morgan fingerprint density at radius 3 is 2.26 bits per heavy atom. The monoisotopic (exact) mass is 260 g/mol. The molecule has 3 unspecified atom stereocenters. The van der Waals surface area contributed by atoms with Gasteiger partial charge in [-0.25, -0.2) is 0 Å². The van der Waals surface area contributed by atoms with E-state index in [2.05, 4.69) is 50.5 Å². The van der Waals surface area contributed by atoms with Gasteiger partial charge >= 0.3 is 0 Å². The molecule has 0 aliphatic heterocycles. The zero-order chi connectivity index (χ0) is 13.8. The number of nitrogens with two attached hydrogens (primary N) is 1. The molecule has 1 aliphatic rings. The zero-order valence-electron chi connectivity index (χ0n) is 12.5. The van der Waals surface area contributed by atoms with Crippen LogP contribution in [0, 0.1) is 11.8 Å². The fourth-order valence-corrected chi connectivity index (χ4v) is 3.38. The lowest BCUT2D eigenvalue weighted by atomic mass is 9.77. The molecule has 0 heterocycles. The summed E-state index contributed by atoms with van der Waals surface area (Å²) in [5.41, 5.74) is 5.80. The lowest BCUT2D eigenvalue weighted by molar-refractivity contribution is 0.224. The highest BCUT2D eigenvalue weighted by Crippen LogP contribution is 2.36. The molecule has 1 saturated carbocycles. The molecular weight excluding hydrogens is 232 g/mol. The molecule has 106 valence electrons. The second kappa shape index (κ2) is 6.53. The first-order valence-electron chi connectivity index (χ1n) is 7.67. The number of hydrazine groups is 1. The van der Waals surface area contributed by atoms with Crippen molar-refractivity contribution in [3.05, 3.63) is 35.4 Å². The number of hydrogen-bond acceptors (Lipinski definition) is 2. The standard InChI is InChI=1S/C17H28N2/c1-12(2)14-7-9-15(10-8-14)17(19-18)16-6-4-5-13(3)11-16/h7-10,12-13,16-17,19H,4-6,11,18H2,1-3H3. The first-order valence-corrected chi connectivity index (χ1v) is 7.67. The van der Waals surface area contributed by atoms with Gasteiger partial charge in [0, 0.05) is 6.04 Å². The minimum absolute atomic E-state index is 0.309. The molecule has 2 heteroatoms. The van der Waals surface area contributed by atoms with Crippen LogP contribution < -0.4 is 11.3 Å². The maximum atomic E-state index is 5.83. The molecule has 0 amide bonds. The number of rotatable bonds is 4. The zero-order valence-corrected chi connectivity index (χ0v) is 12.5. The molecule has 0 bridgehead atoms. The Morgan fingerprint density at radius 1 is 1.11 bits per heavy atom. The van der Waals surface area contributed by atoms with Crippen molar-refractivity contribution in [2.45, 2.75) is 58.4 Å². The van der Waals surface area contributed by atoms with E-state index in [1.807, 2.05) is 0 Å². The Balaban J connectivity index is 2.12. The second-order valence-electron chi connectivity index (χ2n) is 6.50. The Morgan fingerprint density at radius 2 is 1.74 bits per heavy atom. The molecule has 0 aromatic heterocycles. The smallest absolute Gasteiger partial charge is 0.0488 e. The summed E-state index contributed by atoms with van der Waals surface area (Å²) in [6, 6.07) is 9.30. The van der Waals surface area contributed by atoms with Gasteiger partial charge in [0.1, 0.15) is 0 Å². The van der Waals surface area contributed by atoms with Crippen LogP contribution in [0.15, 0.2) is 24.3 Å². The fourth-order valence-electron chi connectivity index (χ4n) is 3.38. The topological polar surface area (TPSA) is 38.0 Å². The summed E-state index contributed by atoms with van der Waals surface area (Å²) in [4.78, 5) is 0. The molecule has 2 nitrogen and oxygen atoms in total. The normalized spacial score (nSPS) is 25.5. The Bertz CT molecular complexity index is 383. The highest BCUT2D eigenvalue weighted by molar-refractivity contribution is 5.27. The number of benzene rings is 1. The summed E-state index contributed by atoms with van der Waals surface area (Å²) in [6.45, 7) is 6.83. The van der Waals surface area contributed by atoms with Gasteiger partial charge in [-0.05, 0) is 41.7 Å². The van der Waals surface area contributed by atoms with Gasteiger partial charge in [0.15, 0.2) is 0 Å². The van der Waals surface area contributed by atoms with Gasteiger partial charge in [-0.3, -0.25) is 11.3 Å². The van der Waals surface area contributed by atoms with E-state index < -0.39 is 0 Å². The maximum absolute atomic E-state index is 5.83. The average molecular weight is 260 g/mol. The third kappa shape index (κ3) is 3.58. The van der Waals surface area contributed by atoms with Crippen molar-refractivity contribution in [3.8, 4) is 0 Å². The van der Waals surface area contributed by atoms with Crippen LogP contribution in [0.25, 0.3) is 0 Å². The summed E-state index contributed by atoms with van der Waals surface area (Å²) in [7, 11) is 0. The van der Waals surface area contributed by atoms with E-state index in [9.17, 15) is 0 Å². The van der Waals surface area contributed by atoms with Crippen LogP contribution >= 0.6 is 0 Å². The van der Waals surface area contributed by atoms with E-state index in [0.717, 1.165) is 5.92 Å². The lowest BCUT2D eigenvalue weighted by Crippen LogP contribution is -2.35. The lowest BCUT2D eigenvalue weighted by Gasteiger charge is -2.33. The predicted molar refractivity (Wildman–Crippen MR) is 81.7 cm³/mol. The molecule has 0 saturated heterocycles. The summed E-state index contributed by atoms with van der Waals surface area (Å²) in [6.07, 6.45) is 5.31. The van der Waals surface area contributed by atoms with Crippen molar-refractivity contribution >= 4 is 0 Å². The van der Waals surface area contributed by atoms with Crippen LogP contribution in [-0.2, 0) is 0 Å². The van der Waals surface area contributed by atoms with Gasteiger partial charge in [-0.2, -0.15) is 0 Å². The predicted octanol–water partition coefficient (Wildman–Crippen LogP) is 4.14. The van der Waals surface area contributed by atoms with Gasteiger partial charge in [-0.15, -0.1) is 0 Å². The Labute approximate surface area is 117 Å². The van der Waals surface area contributed by atoms with Crippen LogP contribution in [0.5, 0.6) is 0 Å². The maximum Gasteiger partial charge on any atom is 0.0488 e. The van der Waals surface area contributed by atoms with Gasteiger partial charge in [-0.1, -0.05) is 57.9 Å². The van der Waals surface area contributed by atoms with E-state index in [0.29, 0.717) is 17.9 Å². The van der Waals surface area contributed by atoms with Crippen molar-refractivity contribution in [1.82, 2.24) is 5.43 Å². The summed E-state index contributed by atoms with van der Waals surface area (Å²) >= 11 is 0. The molecule has 19 heavy (non-hydrogen) atoms. The molecule has 1 aromatic rings. The number of nitrogens with one attached hydrogen (secondary N) is 1. The van der Waals surface area contributed by atoms with Crippen molar-refractivity contribution in [2.75, 3.05) is 0 Å². The Hall–Kier alpha value is -0.860. The largest absolute Gasteiger partial charge is 0.271 e. The first kappa shape index (κ1) is 14.5. The minimum Gasteiger partial charge on any atom is -0.271 e. The highest BCUT2D eigenvalue weighted by atomic mass is 15.2. The van der Waals surface area contributed by atoms with Crippen LogP contribution in [0.4, 0.5) is 0 Å². The summed E-state index contributed by atoms with van der Waals surface area (Å²) in [5, 5.41) is 0. The second-order valence-corrected chi connectivity index (χ2v) is 6.50. The van der Waals surface area contributed by atoms with Crippen LogP contribution in [0.2, 0.25) is 0 Å². The fraction of sp³-hybridized carbons (Fsp3) is 0.647. The molecule has 1 aromatic carbocycles. The quantitative estimate of drug-likeness (QED) is 0.630. The molecule has 2 rings (SSSR count). The molecule has 1 aliphatic carbocycles. The van der Waals surface area contributed by atoms with Gasteiger partial charge in [0.25, 0.3) is 0 Å². The molecular formula is C17H28N2. The van der Waals surface area contributed by atoms with E-state index in [1.165, 1.54) is 36.8 Å². The summed E-state index contributed by atoms with van der Waals surface area (Å²) < 4.78 is 0. The Kier molecular flexibility index (Phi) is 5.00. The first-order chi connectivity index (χ1) is 9.11. The van der Waals surface area contributed by atoms with Crippen LogP contribution in [0.1, 0.15) is 69.5 Å². The minimum atomic E-state index is 0.309. The molecule has 1 fully saturated rings. The molecule has 0 spiro atoms. The van der Waals surface area contributed by atoms with E-state index in [1.54, 1.807) is 0 Å². The van der Waals surface area contributed by atoms with Crippen molar-refractivity contribution < 1.29 is 0 Å². The van der Waals surface area contributed by atoms with E-state index in [4.69, 9.17) is 5.84 Å². The third-order valence-electron chi connectivity index (χ3n) is 4.59. The highest BCUT2D eigenvalue weighted by Gasteiger charge is 2.27. The van der Waals surface area contributed by atoms with Crippen LogP contribution in [-0.4, -0.2) is 0 Å². The number of hydrogen-bond donors (Lipinski definition) is 2. The van der Waals surface area contributed by atoms with Gasteiger partial charge in [0.05, 0.1) is 0 Å². The van der Waals surface area contributed by atoms with E-state index >= 15 is 0 Å². The average Bonchev–Trinajstić information content (AvgIpc) is 2.40. The van der Waals surface area contributed by atoms with Crippen molar-refractivity contribution in [3.63, 3.8) is 0 Å². The SMILES string of the molecule is CC1CCCC(C(NN)c2ccc(C(C)C)cc2)C1. The summed E-state index contributed by atoms with van der Waals surface area (Å²) in [5.74, 6) is 7.94.